The Balaban J connectivity index is 0.000000147. The topological polar surface area (TPSA) is 101 Å². The van der Waals surface area contributed by atoms with E-state index in [9.17, 15) is 9.59 Å². The first kappa shape index (κ1) is 30.9. The predicted molar refractivity (Wildman–Crippen MR) is 180 cm³/mol. The molecule has 4 heterocycles. The van der Waals surface area contributed by atoms with Crippen molar-refractivity contribution in [2.24, 2.45) is 0 Å². The molecule has 0 saturated carbocycles. The molecule has 4 bridgehead atoms. The van der Waals surface area contributed by atoms with Gasteiger partial charge in [0, 0.05) is 57.7 Å². The smallest absolute Gasteiger partial charge is 0.255 e. The third-order valence-electron chi connectivity index (χ3n) is 9.16. The molecule has 2 amide bonds. The highest BCUT2D eigenvalue weighted by Gasteiger charge is 2.48. The van der Waals surface area contributed by atoms with E-state index in [-0.39, 0.29) is 23.0 Å². The lowest BCUT2D eigenvalue weighted by atomic mass is 9.93. The number of ether oxygens (including phenoxy) is 2. The van der Waals surface area contributed by atoms with Crippen LogP contribution in [-0.4, -0.2) is 50.2 Å². The Bertz CT molecular complexity index is 1710. The number of halogens is 2. The third-order valence-corrected chi connectivity index (χ3v) is 9.64. The number of hydrogen-bond acceptors (Lipinski definition) is 6. The fraction of sp³-hybridized carbons (Fsp3) is 0.278. The number of anilines is 2. The third kappa shape index (κ3) is 6.42. The van der Waals surface area contributed by atoms with Crippen molar-refractivity contribution < 1.29 is 19.1 Å². The molecule has 10 heteroatoms. The lowest BCUT2D eigenvalue weighted by Gasteiger charge is -2.27. The van der Waals surface area contributed by atoms with Crippen LogP contribution in [0.25, 0.3) is 0 Å². The average molecular weight is 658 g/mol. The molecule has 4 aromatic rings. The van der Waals surface area contributed by atoms with Gasteiger partial charge >= 0.3 is 0 Å². The summed E-state index contributed by atoms with van der Waals surface area (Å²) in [4.78, 5) is 24.4. The first-order valence-corrected chi connectivity index (χ1v) is 16.1. The molecule has 0 spiro atoms. The summed E-state index contributed by atoms with van der Waals surface area (Å²) >= 11 is 11.8. The highest BCUT2D eigenvalue weighted by Crippen LogP contribution is 2.41. The Morgan fingerprint density at radius 3 is 1.54 bits per heavy atom. The lowest BCUT2D eigenvalue weighted by Crippen LogP contribution is -2.37. The minimum atomic E-state index is -0.194. The number of amides is 2. The average Bonchev–Trinajstić information content (AvgIpc) is 3.89. The van der Waals surface area contributed by atoms with Crippen LogP contribution in [0.1, 0.15) is 44.7 Å². The summed E-state index contributed by atoms with van der Waals surface area (Å²) in [5.41, 5.74) is 4.59. The zero-order valence-corrected chi connectivity index (χ0v) is 26.5. The van der Waals surface area contributed by atoms with E-state index in [4.69, 9.17) is 32.7 Å². The summed E-state index contributed by atoms with van der Waals surface area (Å²) in [7, 11) is 0. The first-order valence-electron chi connectivity index (χ1n) is 15.4. The van der Waals surface area contributed by atoms with Gasteiger partial charge < -0.3 is 30.7 Å². The van der Waals surface area contributed by atoms with E-state index in [0.29, 0.717) is 33.3 Å². The van der Waals surface area contributed by atoms with Gasteiger partial charge in [0.1, 0.15) is 11.2 Å². The maximum Gasteiger partial charge on any atom is 0.255 e. The molecule has 4 aliphatic rings. The number of morpholine rings is 2. The summed E-state index contributed by atoms with van der Waals surface area (Å²) in [5.74, 6) is -0.314. The van der Waals surface area contributed by atoms with Gasteiger partial charge in [-0.3, -0.25) is 9.59 Å². The van der Waals surface area contributed by atoms with Gasteiger partial charge in [-0.1, -0.05) is 53.5 Å². The van der Waals surface area contributed by atoms with Crippen molar-refractivity contribution in [3.63, 3.8) is 0 Å². The monoisotopic (exact) mass is 656 g/mol. The van der Waals surface area contributed by atoms with Crippen molar-refractivity contribution in [2.45, 2.75) is 36.1 Å². The predicted octanol–water partition coefficient (Wildman–Crippen LogP) is 6.36. The van der Waals surface area contributed by atoms with Crippen molar-refractivity contribution in [1.82, 2.24) is 10.6 Å². The molecule has 4 saturated heterocycles. The number of carbonyl (C=O) groups is 2. The van der Waals surface area contributed by atoms with Gasteiger partial charge in [0.05, 0.1) is 13.2 Å². The fourth-order valence-corrected chi connectivity index (χ4v) is 6.95. The second-order valence-electron chi connectivity index (χ2n) is 12.3. The van der Waals surface area contributed by atoms with Crippen LogP contribution < -0.4 is 21.3 Å². The maximum absolute atomic E-state index is 12.2. The van der Waals surface area contributed by atoms with Crippen molar-refractivity contribution in [1.29, 1.82) is 0 Å². The Kier molecular flexibility index (Phi) is 8.59. The van der Waals surface area contributed by atoms with E-state index in [1.165, 1.54) is 0 Å². The van der Waals surface area contributed by atoms with E-state index < -0.39 is 0 Å². The van der Waals surface area contributed by atoms with Crippen LogP contribution >= 0.6 is 23.2 Å². The largest absolute Gasteiger partial charge is 0.367 e. The zero-order valence-electron chi connectivity index (χ0n) is 25.0. The molecule has 46 heavy (non-hydrogen) atoms. The van der Waals surface area contributed by atoms with E-state index in [1.807, 2.05) is 48.5 Å². The molecule has 4 aromatic carbocycles. The van der Waals surface area contributed by atoms with Crippen LogP contribution in [0.15, 0.2) is 97.1 Å². The van der Waals surface area contributed by atoms with Crippen molar-refractivity contribution >= 4 is 46.4 Å². The summed E-state index contributed by atoms with van der Waals surface area (Å²) in [5, 5.41) is 13.9. The number of benzene rings is 4. The quantitative estimate of drug-likeness (QED) is 0.193. The molecule has 8 nitrogen and oxygen atoms in total. The van der Waals surface area contributed by atoms with Crippen molar-refractivity contribution in [3.8, 4) is 0 Å². The lowest BCUT2D eigenvalue weighted by molar-refractivity contribution is -0.00970. The highest BCUT2D eigenvalue weighted by molar-refractivity contribution is 6.31. The van der Waals surface area contributed by atoms with Crippen LogP contribution in [0.3, 0.4) is 0 Å². The Morgan fingerprint density at radius 2 is 1.13 bits per heavy atom. The van der Waals surface area contributed by atoms with Gasteiger partial charge in [0.15, 0.2) is 0 Å². The van der Waals surface area contributed by atoms with Crippen molar-refractivity contribution in [2.75, 3.05) is 36.9 Å². The zero-order chi connectivity index (χ0) is 31.7. The van der Waals surface area contributed by atoms with Crippen LogP contribution in [-0.2, 0) is 20.7 Å². The van der Waals surface area contributed by atoms with E-state index in [1.54, 1.807) is 48.5 Å². The Morgan fingerprint density at radius 1 is 0.630 bits per heavy atom. The number of carbonyl (C=O) groups excluding carboxylic acids is 2. The van der Waals surface area contributed by atoms with Gasteiger partial charge in [-0.25, -0.2) is 0 Å². The van der Waals surface area contributed by atoms with Crippen LogP contribution in [0.2, 0.25) is 10.0 Å². The number of nitrogens with one attached hydrogen (secondary N) is 4. The number of fused-ring (bicyclic) bond motifs is 4. The van der Waals surface area contributed by atoms with Gasteiger partial charge in [0.25, 0.3) is 11.8 Å². The highest BCUT2D eigenvalue weighted by atomic mass is 35.5. The molecule has 4 atom stereocenters. The SMILES string of the molecule is O=C(Nc1ccc([C@@]23CN[C@@H](CO2)C3)cc1)c1ccc(Cl)cc1.O=C(Nc1ccc([C@@]23CN[C@@H](CO2)C3)cc1)c1cccc(Cl)c1. The molecular formula is C36H34Cl2N4O4. The first-order chi connectivity index (χ1) is 22.3. The summed E-state index contributed by atoms with van der Waals surface area (Å²) in [6, 6.07) is 30.5. The van der Waals surface area contributed by atoms with Crippen molar-refractivity contribution in [3.05, 3.63) is 129 Å². The normalized spacial score (nSPS) is 25.5. The summed E-state index contributed by atoms with van der Waals surface area (Å²) in [6.45, 7) is 3.25. The number of hydrogen-bond donors (Lipinski definition) is 4. The van der Waals surface area contributed by atoms with Gasteiger partial charge in [-0.15, -0.1) is 0 Å². The minimum absolute atomic E-state index is 0.146. The van der Waals surface area contributed by atoms with Gasteiger partial charge in [-0.2, -0.15) is 0 Å². The second kappa shape index (κ2) is 12.8. The van der Waals surface area contributed by atoms with Gasteiger partial charge in [-0.05, 0) is 90.7 Å². The Labute approximate surface area is 277 Å². The molecule has 8 rings (SSSR count). The molecule has 0 aliphatic carbocycles. The molecule has 0 unspecified atom stereocenters. The standard InChI is InChI=1S/2C18H17ClN2O2/c19-14-5-1-12(2-6-14)17(22)21-15-7-3-13(4-8-15)18-9-16(10-23-18)20-11-18;19-14-3-1-2-12(8-14)17(22)21-15-6-4-13(5-7-15)18-9-16(10-23-18)20-11-18/h2*1-8,16,20H,9-11H2,(H,21,22)/t2*16-,18-/m11/s1. The second-order valence-corrected chi connectivity index (χ2v) is 13.1. The van der Waals surface area contributed by atoms with E-state index >= 15 is 0 Å². The van der Waals surface area contributed by atoms with Gasteiger partial charge in [0.2, 0.25) is 0 Å². The fourth-order valence-electron chi connectivity index (χ4n) is 6.64. The number of rotatable bonds is 6. The molecule has 0 radical (unpaired) electrons. The minimum Gasteiger partial charge on any atom is -0.367 e. The van der Waals surface area contributed by atoms with Crippen LogP contribution in [0.5, 0.6) is 0 Å². The molecular weight excluding hydrogens is 623 g/mol. The maximum atomic E-state index is 12.2. The van der Waals surface area contributed by atoms with E-state index in [0.717, 1.165) is 61.6 Å². The van der Waals surface area contributed by atoms with Crippen LogP contribution in [0, 0.1) is 0 Å². The molecule has 236 valence electrons. The molecule has 4 fully saturated rings. The summed E-state index contributed by atoms with van der Waals surface area (Å²) < 4.78 is 11.9. The molecule has 0 aromatic heterocycles. The molecule has 4 N–H and O–H groups in total. The summed E-state index contributed by atoms with van der Waals surface area (Å²) in [6.07, 6.45) is 2.03. The Hall–Kier alpha value is -3.76. The van der Waals surface area contributed by atoms with Crippen LogP contribution in [0.4, 0.5) is 11.4 Å². The molecule has 4 aliphatic heterocycles. The van der Waals surface area contributed by atoms with E-state index in [2.05, 4.69) is 21.3 Å².